The van der Waals surface area contributed by atoms with Crippen LogP contribution in [0.1, 0.15) is 0 Å². The van der Waals surface area contributed by atoms with Crippen LogP contribution in [0.5, 0.6) is 0 Å². The van der Waals surface area contributed by atoms with Gasteiger partial charge in [0.15, 0.2) is 0 Å². The van der Waals surface area contributed by atoms with E-state index in [1.54, 1.807) is 0 Å². The topological polar surface area (TPSA) is 86.2 Å². The van der Waals surface area contributed by atoms with E-state index >= 15 is 0 Å². The fourth-order valence-electron chi connectivity index (χ4n) is 0. The first-order chi connectivity index (χ1) is 2.00. The molecular weight excluding hydrogens is 316 g/mol. The number of rotatable bonds is 0. The van der Waals surface area contributed by atoms with Crippen LogP contribution < -0.4 is 14.7 Å². The Bertz CT molecular complexity index is 66.7. The zero-order chi connectivity index (χ0) is 4.50. The van der Waals surface area contributed by atoms with Gasteiger partial charge in [-0.25, -0.2) is 0 Å². The van der Waals surface area contributed by atoms with E-state index in [9.17, 15) is 0 Å². The van der Waals surface area contributed by atoms with E-state index in [0.29, 0.717) is 0 Å². The van der Waals surface area contributed by atoms with Crippen molar-refractivity contribution in [1.82, 2.24) is 0 Å². The molecule has 0 aliphatic heterocycles. The third kappa shape index (κ3) is 131. The first kappa shape index (κ1) is 30.2. The summed E-state index contributed by atoms with van der Waals surface area (Å²) in [5, 5.41) is 0. The molecule has 0 aromatic carbocycles. The van der Waals surface area contributed by atoms with E-state index in [4.69, 9.17) is 19.2 Å². The van der Waals surface area contributed by atoms with Gasteiger partial charge in [0, 0.05) is 0 Å². The van der Waals surface area contributed by atoms with Gasteiger partial charge in [0.25, 0.3) is 0 Å². The van der Waals surface area contributed by atoms with Gasteiger partial charge >= 0.3 is 72.1 Å². The predicted molar refractivity (Wildman–Crippen MR) is 7.61 cm³/mol. The minimum Gasteiger partial charge on any atom is -0.822 e. The second-order valence-corrected chi connectivity index (χ2v) is 1.34. The standard InChI is InChI=1S/Co.Fe.Ni.H3O4P.Ti/c;;;1-5(2,3)4;/h;;;(H3,1,2,3,4);/q3*+2;;+4/p-3. The average molecular weight is 316 g/mol. The van der Waals surface area contributed by atoms with Crippen LogP contribution in [0.3, 0.4) is 0 Å². The van der Waals surface area contributed by atoms with E-state index in [1.165, 1.54) is 0 Å². The molecular formula is CoFeNiO4PTi+7. The van der Waals surface area contributed by atoms with Gasteiger partial charge in [-0.1, -0.05) is 0 Å². The van der Waals surface area contributed by atoms with E-state index in [1.807, 2.05) is 0 Å². The Morgan fingerprint density at radius 1 is 1.11 bits per heavy atom. The molecule has 0 rings (SSSR count). The van der Waals surface area contributed by atoms with Crippen LogP contribution in [0.15, 0.2) is 0 Å². The molecule has 9 heteroatoms. The van der Waals surface area contributed by atoms with Crippen LogP contribution in [0.4, 0.5) is 0 Å². The maximum atomic E-state index is 8.55. The summed E-state index contributed by atoms with van der Waals surface area (Å²) in [6, 6.07) is 0. The second kappa shape index (κ2) is 13.0. The van der Waals surface area contributed by atoms with Crippen LogP contribution in [0, 0.1) is 0 Å². The van der Waals surface area contributed by atoms with Gasteiger partial charge in [-0.2, -0.15) is 7.82 Å². The zero-order valence-electron chi connectivity index (χ0n) is 3.58. The van der Waals surface area contributed by atoms with Crippen molar-refractivity contribution in [2.24, 2.45) is 0 Å². The summed E-state index contributed by atoms with van der Waals surface area (Å²) in [5.74, 6) is 0. The van der Waals surface area contributed by atoms with E-state index in [-0.39, 0.29) is 72.1 Å². The van der Waals surface area contributed by atoms with Crippen LogP contribution >= 0.6 is 7.82 Å². The van der Waals surface area contributed by atoms with Crippen molar-refractivity contribution in [1.29, 1.82) is 0 Å². The molecule has 0 saturated heterocycles. The Morgan fingerprint density at radius 2 is 1.11 bits per heavy atom. The van der Waals surface area contributed by atoms with Crippen molar-refractivity contribution in [2.75, 3.05) is 0 Å². The maximum absolute atomic E-state index is 8.55. The van der Waals surface area contributed by atoms with Crippen molar-refractivity contribution in [3.05, 3.63) is 0 Å². The number of phosphoric acid groups is 1. The Labute approximate surface area is 98.3 Å². The van der Waals surface area contributed by atoms with Gasteiger partial charge in [0.05, 0.1) is 0 Å². The molecule has 0 bridgehead atoms. The quantitative estimate of drug-likeness (QED) is 0.356. The summed E-state index contributed by atoms with van der Waals surface area (Å²) in [6.45, 7) is 0. The maximum Gasteiger partial charge on any atom is 4.00 e. The fraction of sp³-hybridized carbons (Fsp3) is 0. The molecule has 0 unspecified atom stereocenters. The Morgan fingerprint density at radius 3 is 1.11 bits per heavy atom. The molecule has 53 valence electrons. The molecule has 0 atom stereocenters. The van der Waals surface area contributed by atoms with Crippen molar-refractivity contribution in [3.8, 4) is 0 Å². The third-order valence-electron chi connectivity index (χ3n) is 0. The Kier molecular flexibility index (Phi) is 43.5. The Balaban J connectivity index is -0.0000000133. The van der Waals surface area contributed by atoms with Crippen LogP contribution in [0.25, 0.3) is 0 Å². The molecule has 9 heavy (non-hydrogen) atoms. The molecule has 0 N–H and O–H groups in total. The normalized spacial score (nSPS) is 6.56. The molecule has 0 aliphatic carbocycles. The molecule has 0 aliphatic rings. The molecule has 0 heterocycles. The zero-order valence-corrected chi connectivity index (χ0v) is 9.17. The van der Waals surface area contributed by atoms with Gasteiger partial charge in [0.2, 0.25) is 0 Å². The van der Waals surface area contributed by atoms with E-state index in [2.05, 4.69) is 0 Å². The summed E-state index contributed by atoms with van der Waals surface area (Å²) in [4.78, 5) is 25.6. The number of hydrogen-bond donors (Lipinski definition) is 0. The molecule has 1 radical (unpaired) electrons. The SMILES string of the molecule is O=P([O-])([O-])[O-].[Co+2].[Fe+2].[Ni+2].[Ti+4]. The third-order valence-corrected chi connectivity index (χ3v) is 0. The predicted octanol–water partition coefficient (Wildman–Crippen LogP) is -2.83. The fourth-order valence-corrected chi connectivity index (χ4v) is 0. The van der Waals surface area contributed by atoms with Gasteiger partial charge in [-0.05, 0) is 0 Å². The largest absolute Gasteiger partial charge is 4.00 e. The Hall–Kier alpha value is 2.34. The molecule has 0 saturated carbocycles. The van der Waals surface area contributed by atoms with Crippen molar-refractivity contribution >= 4 is 7.82 Å². The average Bonchev–Trinajstić information content (AvgIpc) is 0.722. The van der Waals surface area contributed by atoms with Gasteiger partial charge in [0.1, 0.15) is 0 Å². The number of hydrogen-bond acceptors (Lipinski definition) is 4. The van der Waals surface area contributed by atoms with Gasteiger partial charge in [-0.15, -0.1) is 0 Å². The molecule has 0 fully saturated rings. The minimum atomic E-state index is -5.39. The van der Waals surface area contributed by atoms with Crippen LogP contribution in [-0.2, 0) is 76.6 Å². The molecule has 0 aromatic heterocycles. The monoisotopic (exact) mass is 316 g/mol. The molecule has 0 amide bonds. The van der Waals surface area contributed by atoms with Gasteiger partial charge < -0.3 is 19.2 Å². The van der Waals surface area contributed by atoms with E-state index in [0.717, 1.165) is 0 Å². The summed E-state index contributed by atoms with van der Waals surface area (Å²) in [7, 11) is -5.39. The molecule has 0 spiro atoms. The van der Waals surface area contributed by atoms with Crippen LogP contribution in [-0.4, -0.2) is 0 Å². The molecule has 4 nitrogen and oxygen atoms in total. The summed E-state index contributed by atoms with van der Waals surface area (Å²) < 4.78 is 8.55. The van der Waals surface area contributed by atoms with Crippen molar-refractivity contribution in [2.45, 2.75) is 0 Å². The van der Waals surface area contributed by atoms with Gasteiger partial charge in [-0.3, -0.25) is 0 Å². The van der Waals surface area contributed by atoms with Crippen molar-refractivity contribution in [3.63, 3.8) is 0 Å². The van der Waals surface area contributed by atoms with Crippen molar-refractivity contribution < 1.29 is 91.3 Å². The smallest absolute Gasteiger partial charge is 0.822 e. The molecule has 0 aromatic rings. The summed E-state index contributed by atoms with van der Waals surface area (Å²) >= 11 is 0. The summed E-state index contributed by atoms with van der Waals surface area (Å²) in [5.41, 5.74) is 0. The summed E-state index contributed by atoms with van der Waals surface area (Å²) in [6.07, 6.45) is 0. The van der Waals surface area contributed by atoms with Crippen LogP contribution in [0.2, 0.25) is 0 Å². The first-order valence-electron chi connectivity index (χ1n) is 0.730. The van der Waals surface area contributed by atoms with E-state index < -0.39 is 7.82 Å². The first-order valence-corrected chi connectivity index (χ1v) is 2.19. The minimum absolute atomic E-state index is 0. The second-order valence-electron chi connectivity index (χ2n) is 0.447.